The van der Waals surface area contributed by atoms with Gasteiger partial charge < -0.3 is 9.52 Å². The van der Waals surface area contributed by atoms with E-state index in [1.54, 1.807) is 0 Å². The maximum Gasteiger partial charge on any atom is 0.393 e. The van der Waals surface area contributed by atoms with E-state index in [0.717, 1.165) is 11.1 Å². The summed E-state index contributed by atoms with van der Waals surface area (Å²) in [4.78, 5) is 10.5. The lowest BCUT2D eigenvalue weighted by atomic mass is 10.2. The summed E-state index contributed by atoms with van der Waals surface area (Å²) in [5, 5.41) is 19.4. The second kappa shape index (κ2) is 3.22. The predicted octanol–water partition coefficient (Wildman–Crippen LogP) is 1.80. The molecule has 0 spiro atoms. The lowest BCUT2D eigenvalue weighted by Crippen LogP contribution is -1.95. The Hall–Kier alpha value is -1.69. The number of hydrogen-bond donors (Lipinski definition) is 1. The summed E-state index contributed by atoms with van der Waals surface area (Å²) in [6.45, 7) is 1.90. The summed E-state index contributed by atoms with van der Waals surface area (Å²) >= 11 is 1.50. The Kier molecular flexibility index (Phi) is 2.05. The van der Waals surface area contributed by atoms with Crippen LogP contribution in [-0.2, 0) is 0 Å². The molecule has 2 aromatic heterocycles. The van der Waals surface area contributed by atoms with Crippen molar-refractivity contribution in [3.63, 3.8) is 0 Å². The molecule has 6 heteroatoms. The highest BCUT2D eigenvalue weighted by Crippen LogP contribution is 2.25. The highest BCUT2D eigenvalue weighted by atomic mass is 32.1. The number of thiophene rings is 1. The number of carbonyl (C=O) groups is 1. The average Bonchev–Trinajstić information content (AvgIpc) is 2.71. The van der Waals surface area contributed by atoms with Crippen molar-refractivity contribution in [1.82, 2.24) is 10.2 Å². The lowest BCUT2D eigenvalue weighted by molar-refractivity contribution is 0.0654. The van der Waals surface area contributed by atoms with Crippen molar-refractivity contribution in [2.45, 2.75) is 6.92 Å². The highest BCUT2D eigenvalue weighted by Gasteiger charge is 2.15. The van der Waals surface area contributed by atoms with E-state index in [0.29, 0.717) is 0 Å². The molecule has 0 fully saturated rings. The van der Waals surface area contributed by atoms with E-state index in [2.05, 4.69) is 10.2 Å². The van der Waals surface area contributed by atoms with Crippen LogP contribution in [0.1, 0.15) is 16.2 Å². The van der Waals surface area contributed by atoms with Crippen LogP contribution in [0.3, 0.4) is 0 Å². The molecule has 0 saturated heterocycles. The first-order chi connectivity index (χ1) is 6.68. The summed E-state index contributed by atoms with van der Waals surface area (Å²) < 4.78 is 4.96. The predicted molar refractivity (Wildman–Crippen MR) is 49.3 cm³/mol. The molecular formula is C8H6N2O3S. The van der Waals surface area contributed by atoms with Gasteiger partial charge in [0, 0.05) is 5.38 Å². The third kappa shape index (κ3) is 1.39. The van der Waals surface area contributed by atoms with Crippen LogP contribution in [0.25, 0.3) is 11.5 Å². The number of aryl methyl sites for hydroxylation is 1. The molecule has 14 heavy (non-hydrogen) atoms. The fourth-order valence-electron chi connectivity index (χ4n) is 0.998. The summed E-state index contributed by atoms with van der Waals surface area (Å²) in [5.74, 6) is -1.34. The SMILES string of the molecule is Cc1cscc1-c1nnc(C(=O)O)o1. The average molecular weight is 210 g/mol. The van der Waals surface area contributed by atoms with Crippen molar-refractivity contribution in [2.75, 3.05) is 0 Å². The van der Waals surface area contributed by atoms with Crippen LogP contribution in [0.4, 0.5) is 0 Å². The number of hydrogen-bond acceptors (Lipinski definition) is 5. The van der Waals surface area contributed by atoms with Gasteiger partial charge in [-0.1, -0.05) is 0 Å². The molecule has 72 valence electrons. The Morgan fingerprint density at radius 3 is 2.79 bits per heavy atom. The van der Waals surface area contributed by atoms with E-state index in [9.17, 15) is 4.79 Å². The number of rotatable bonds is 2. The third-order valence-electron chi connectivity index (χ3n) is 1.69. The standard InChI is InChI=1S/C8H6N2O3S/c1-4-2-14-3-5(4)6-9-10-7(13-6)8(11)12/h2-3H,1H3,(H,11,12). The molecule has 0 amide bonds. The molecule has 0 aliphatic heterocycles. The summed E-state index contributed by atoms with van der Waals surface area (Å²) in [6.07, 6.45) is 0. The van der Waals surface area contributed by atoms with Crippen molar-refractivity contribution >= 4 is 17.3 Å². The Morgan fingerprint density at radius 1 is 1.50 bits per heavy atom. The Bertz CT molecular complexity index is 474. The lowest BCUT2D eigenvalue weighted by Gasteiger charge is -1.89. The minimum atomic E-state index is -1.21. The first-order valence-corrected chi connectivity index (χ1v) is 4.72. The zero-order valence-corrected chi connectivity index (χ0v) is 8.04. The second-order valence-electron chi connectivity index (χ2n) is 2.69. The monoisotopic (exact) mass is 210 g/mol. The van der Waals surface area contributed by atoms with Gasteiger partial charge in [0.2, 0.25) is 5.89 Å². The maximum atomic E-state index is 10.5. The van der Waals surface area contributed by atoms with Crippen LogP contribution in [-0.4, -0.2) is 21.3 Å². The molecule has 0 bridgehead atoms. The number of carboxylic acid groups (broad SMARTS) is 1. The van der Waals surface area contributed by atoms with Crippen molar-refractivity contribution in [3.05, 3.63) is 22.2 Å². The van der Waals surface area contributed by atoms with Crippen molar-refractivity contribution in [1.29, 1.82) is 0 Å². The van der Waals surface area contributed by atoms with Crippen molar-refractivity contribution in [3.8, 4) is 11.5 Å². The van der Waals surface area contributed by atoms with Crippen LogP contribution < -0.4 is 0 Å². The van der Waals surface area contributed by atoms with Gasteiger partial charge in [-0.25, -0.2) is 4.79 Å². The van der Waals surface area contributed by atoms with E-state index in [1.807, 2.05) is 17.7 Å². The fraction of sp³-hybridized carbons (Fsp3) is 0.125. The molecule has 2 aromatic rings. The zero-order valence-electron chi connectivity index (χ0n) is 7.22. The maximum absolute atomic E-state index is 10.5. The second-order valence-corrected chi connectivity index (χ2v) is 3.43. The third-order valence-corrected chi connectivity index (χ3v) is 2.56. The first-order valence-electron chi connectivity index (χ1n) is 3.78. The quantitative estimate of drug-likeness (QED) is 0.817. The topological polar surface area (TPSA) is 76.2 Å². The van der Waals surface area contributed by atoms with Crippen LogP contribution in [0, 0.1) is 6.92 Å². The molecule has 0 atom stereocenters. The molecule has 2 heterocycles. The smallest absolute Gasteiger partial charge is 0.393 e. The number of carboxylic acids is 1. The van der Waals surface area contributed by atoms with Gasteiger partial charge in [-0.3, -0.25) is 0 Å². The molecule has 0 aliphatic carbocycles. The Labute approximate surface area is 83.0 Å². The summed E-state index contributed by atoms with van der Waals surface area (Å²) in [7, 11) is 0. The first kappa shape index (κ1) is 8.89. The minimum absolute atomic E-state index is 0.251. The van der Waals surface area contributed by atoms with E-state index in [-0.39, 0.29) is 11.8 Å². The van der Waals surface area contributed by atoms with Gasteiger partial charge in [-0.05, 0) is 17.9 Å². The van der Waals surface area contributed by atoms with Gasteiger partial charge in [-0.15, -0.1) is 10.2 Å². The Balaban J connectivity index is 2.43. The minimum Gasteiger partial charge on any atom is -0.474 e. The molecule has 5 nitrogen and oxygen atoms in total. The number of nitrogens with zero attached hydrogens (tertiary/aromatic N) is 2. The normalized spacial score (nSPS) is 10.4. The van der Waals surface area contributed by atoms with Gasteiger partial charge in [0.25, 0.3) is 0 Å². The molecule has 0 saturated carbocycles. The van der Waals surface area contributed by atoms with Crippen molar-refractivity contribution < 1.29 is 14.3 Å². The van der Waals surface area contributed by atoms with Gasteiger partial charge in [0.15, 0.2) is 0 Å². The fourth-order valence-corrected chi connectivity index (χ4v) is 1.82. The van der Waals surface area contributed by atoms with E-state index in [1.165, 1.54) is 11.3 Å². The van der Waals surface area contributed by atoms with E-state index in [4.69, 9.17) is 9.52 Å². The molecule has 0 aromatic carbocycles. The van der Waals surface area contributed by atoms with Gasteiger partial charge >= 0.3 is 11.9 Å². The van der Waals surface area contributed by atoms with Gasteiger partial charge in [0.05, 0.1) is 5.56 Å². The summed E-state index contributed by atoms with van der Waals surface area (Å²) in [5.41, 5.74) is 1.78. The Morgan fingerprint density at radius 2 is 2.29 bits per heavy atom. The molecule has 0 radical (unpaired) electrons. The van der Waals surface area contributed by atoms with E-state index < -0.39 is 5.97 Å². The van der Waals surface area contributed by atoms with Gasteiger partial charge in [0.1, 0.15) is 0 Å². The van der Waals surface area contributed by atoms with Crippen molar-refractivity contribution in [2.24, 2.45) is 0 Å². The van der Waals surface area contributed by atoms with Crippen LogP contribution in [0.5, 0.6) is 0 Å². The van der Waals surface area contributed by atoms with Crippen LogP contribution in [0.2, 0.25) is 0 Å². The number of aromatic nitrogens is 2. The highest BCUT2D eigenvalue weighted by molar-refractivity contribution is 7.08. The number of aromatic carboxylic acids is 1. The largest absolute Gasteiger partial charge is 0.474 e. The molecule has 2 rings (SSSR count). The zero-order chi connectivity index (χ0) is 10.1. The molecule has 0 aliphatic rings. The van der Waals surface area contributed by atoms with Gasteiger partial charge in [-0.2, -0.15) is 11.3 Å². The summed E-state index contributed by atoms with van der Waals surface area (Å²) in [6, 6.07) is 0. The van der Waals surface area contributed by atoms with E-state index >= 15 is 0 Å². The van der Waals surface area contributed by atoms with Crippen LogP contribution in [0.15, 0.2) is 15.2 Å². The molecular weight excluding hydrogens is 204 g/mol. The molecule has 0 unspecified atom stereocenters. The van der Waals surface area contributed by atoms with Crippen LogP contribution >= 0.6 is 11.3 Å². The molecule has 1 N–H and O–H groups in total.